The molecule has 1 rings (SSSR count). The van der Waals surface area contributed by atoms with Crippen LogP contribution >= 0.6 is 35.0 Å². The van der Waals surface area contributed by atoms with Gasteiger partial charge in [-0.15, -0.1) is 0 Å². The fraction of sp³-hybridized carbons (Fsp3) is 0.417. The van der Waals surface area contributed by atoms with Crippen molar-refractivity contribution < 1.29 is 4.79 Å². The van der Waals surface area contributed by atoms with Crippen LogP contribution in [0.4, 0.5) is 0 Å². The molecule has 0 saturated heterocycles. The van der Waals surface area contributed by atoms with E-state index >= 15 is 0 Å². The van der Waals surface area contributed by atoms with Gasteiger partial charge in [-0.05, 0) is 29.0 Å². The highest BCUT2D eigenvalue weighted by molar-refractivity contribution is 8.00. The second kappa shape index (κ2) is 6.53. The van der Waals surface area contributed by atoms with Gasteiger partial charge in [0.25, 0.3) is 0 Å². The van der Waals surface area contributed by atoms with Crippen molar-refractivity contribution in [3.05, 3.63) is 33.8 Å². The molecule has 0 spiro atoms. The van der Waals surface area contributed by atoms with Gasteiger partial charge in [-0.25, -0.2) is 0 Å². The van der Waals surface area contributed by atoms with E-state index in [1.807, 2.05) is 0 Å². The van der Waals surface area contributed by atoms with Gasteiger partial charge < -0.3 is 0 Å². The van der Waals surface area contributed by atoms with E-state index < -0.39 is 0 Å². The zero-order valence-corrected chi connectivity index (χ0v) is 11.6. The number of thioether (sulfide) groups is 1. The molecule has 0 radical (unpaired) electrons. The molecular weight excluding hydrogens is 263 g/mol. The Morgan fingerprint density at radius 3 is 2.69 bits per heavy atom. The van der Waals surface area contributed by atoms with E-state index in [1.165, 1.54) is 0 Å². The molecule has 0 aliphatic heterocycles. The van der Waals surface area contributed by atoms with Crippen LogP contribution in [0.2, 0.25) is 10.0 Å². The quantitative estimate of drug-likeness (QED) is 0.800. The minimum absolute atomic E-state index is 0.183. The summed E-state index contributed by atoms with van der Waals surface area (Å²) in [6, 6.07) is 5.20. The molecule has 0 heterocycles. The third kappa shape index (κ3) is 4.77. The third-order valence-corrected chi connectivity index (χ3v) is 3.73. The van der Waals surface area contributed by atoms with E-state index in [-0.39, 0.29) is 5.78 Å². The van der Waals surface area contributed by atoms with E-state index in [1.54, 1.807) is 30.0 Å². The number of ketones is 1. The Morgan fingerprint density at radius 2 is 2.06 bits per heavy atom. The minimum atomic E-state index is 0.183. The smallest absolute Gasteiger partial charge is 0.147 e. The maximum Gasteiger partial charge on any atom is 0.147 e. The maximum absolute atomic E-state index is 11.7. The van der Waals surface area contributed by atoms with Crippen molar-refractivity contribution in [2.24, 2.45) is 0 Å². The molecule has 0 aliphatic rings. The Bertz CT molecular complexity index is 377. The summed E-state index contributed by atoms with van der Waals surface area (Å²) in [5, 5.41) is 1.69. The van der Waals surface area contributed by atoms with Crippen LogP contribution in [-0.4, -0.2) is 16.8 Å². The number of Topliss-reactive ketones (excluding diaryl/α,β-unsaturated/α-hetero) is 1. The maximum atomic E-state index is 11.7. The van der Waals surface area contributed by atoms with Crippen LogP contribution in [0.15, 0.2) is 18.2 Å². The van der Waals surface area contributed by atoms with Crippen LogP contribution in [0.25, 0.3) is 0 Å². The summed E-state index contributed by atoms with van der Waals surface area (Å²) in [5.41, 5.74) is 0.809. The molecule has 0 saturated carbocycles. The molecule has 0 fully saturated rings. The lowest BCUT2D eigenvalue weighted by atomic mass is 10.1. The number of carbonyl (C=O) groups is 1. The van der Waals surface area contributed by atoms with Crippen LogP contribution < -0.4 is 0 Å². The minimum Gasteiger partial charge on any atom is -0.298 e. The van der Waals surface area contributed by atoms with Gasteiger partial charge in [0.05, 0.1) is 5.75 Å². The van der Waals surface area contributed by atoms with Gasteiger partial charge in [-0.1, -0.05) is 37.0 Å². The van der Waals surface area contributed by atoms with Crippen LogP contribution in [0.3, 0.4) is 0 Å². The molecule has 1 aromatic carbocycles. The summed E-state index contributed by atoms with van der Waals surface area (Å²) >= 11 is 13.5. The zero-order chi connectivity index (χ0) is 12.1. The Morgan fingerprint density at radius 1 is 1.38 bits per heavy atom. The molecule has 0 atom stereocenters. The fourth-order valence-corrected chi connectivity index (χ4v) is 2.20. The van der Waals surface area contributed by atoms with Gasteiger partial charge in [-0.2, -0.15) is 11.8 Å². The van der Waals surface area contributed by atoms with Crippen LogP contribution in [0.1, 0.15) is 19.4 Å². The first-order valence-corrected chi connectivity index (χ1v) is 6.86. The van der Waals surface area contributed by atoms with Crippen molar-refractivity contribution in [2.45, 2.75) is 25.5 Å². The molecule has 16 heavy (non-hydrogen) atoms. The predicted octanol–water partition coefficient (Wildman–Crippen LogP) is 4.25. The lowest BCUT2D eigenvalue weighted by Crippen LogP contribution is -2.08. The highest BCUT2D eigenvalue weighted by Crippen LogP contribution is 2.22. The van der Waals surface area contributed by atoms with Gasteiger partial charge >= 0.3 is 0 Å². The second-order valence-electron chi connectivity index (χ2n) is 3.81. The van der Waals surface area contributed by atoms with Crippen molar-refractivity contribution in [1.82, 2.24) is 0 Å². The molecule has 0 aromatic heterocycles. The molecule has 0 unspecified atom stereocenters. The van der Waals surface area contributed by atoms with Crippen LogP contribution in [0, 0.1) is 0 Å². The topological polar surface area (TPSA) is 17.1 Å². The Kier molecular flexibility index (Phi) is 5.67. The summed E-state index contributed by atoms with van der Waals surface area (Å²) in [6.07, 6.45) is 0.360. The molecule has 0 aliphatic carbocycles. The first kappa shape index (κ1) is 13.9. The first-order valence-electron chi connectivity index (χ1n) is 5.06. The van der Waals surface area contributed by atoms with Crippen molar-refractivity contribution in [3.63, 3.8) is 0 Å². The Balaban J connectivity index is 2.59. The number of carbonyl (C=O) groups excluding carboxylic acids is 1. The monoisotopic (exact) mass is 276 g/mol. The van der Waals surface area contributed by atoms with Crippen molar-refractivity contribution in [2.75, 3.05) is 5.75 Å². The molecular formula is C12H14Cl2OS. The summed E-state index contributed by atoms with van der Waals surface area (Å²) in [5.74, 6) is 0.711. The normalized spacial score (nSPS) is 10.8. The van der Waals surface area contributed by atoms with Gasteiger partial charge in [0, 0.05) is 16.5 Å². The predicted molar refractivity (Wildman–Crippen MR) is 72.8 cm³/mol. The third-order valence-electron chi connectivity index (χ3n) is 1.97. The van der Waals surface area contributed by atoms with Crippen LogP contribution in [0.5, 0.6) is 0 Å². The van der Waals surface area contributed by atoms with E-state index in [0.717, 1.165) is 5.56 Å². The average Bonchev–Trinajstić information content (AvgIpc) is 2.20. The highest BCUT2D eigenvalue weighted by Gasteiger charge is 2.08. The lowest BCUT2D eigenvalue weighted by Gasteiger charge is -2.06. The summed E-state index contributed by atoms with van der Waals surface area (Å²) in [4.78, 5) is 11.7. The van der Waals surface area contributed by atoms with E-state index in [9.17, 15) is 4.79 Å². The van der Waals surface area contributed by atoms with E-state index in [0.29, 0.717) is 27.5 Å². The van der Waals surface area contributed by atoms with Crippen molar-refractivity contribution in [1.29, 1.82) is 0 Å². The Hall–Kier alpha value is -0.180. The van der Waals surface area contributed by atoms with E-state index in [2.05, 4.69) is 13.8 Å². The van der Waals surface area contributed by atoms with Gasteiger partial charge in [0.2, 0.25) is 0 Å². The summed E-state index contributed by atoms with van der Waals surface area (Å²) in [6.45, 7) is 4.15. The molecule has 0 amide bonds. The first-order chi connectivity index (χ1) is 7.49. The standard InChI is InChI=1S/C12H14Cl2OS/c1-8(2)16-7-11(15)6-9-5-10(13)3-4-12(9)14/h3-5,8H,6-7H2,1-2H3. The summed E-state index contributed by atoms with van der Waals surface area (Å²) < 4.78 is 0. The number of hydrogen-bond donors (Lipinski definition) is 0. The summed E-state index contributed by atoms with van der Waals surface area (Å²) in [7, 11) is 0. The lowest BCUT2D eigenvalue weighted by molar-refractivity contribution is -0.116. The SMILES string of the molecule is CC(C)SCC(=O)Cc1cc(Cl)ccc1Cl. The average molecular weight is 277 g/mol. The molecule has 4 heteroatoms. The van der Waals surface area contributed by atoms with E-state index in [4.69, 9.17) is 23.2 Å². The molecule has 0 N–H and O–H groups in total. The number of hydrogen-bond acceptors (Lipinski definition) is 2. The van der Waals surface area contributed by atoms with Gasteiger partial charge in [0.1, 0.15) is 5.78 Å². The molecule has 88 valence electrons. The molecule has 0 bridgehead atoms. The number of rotatable bonds is 5. The fourth-order valence-electron chi connectivity index (χ4n) is 1.20. The Labute approximate surface area is 111 Å². The molecule has 1 nitrogen and oxygen atoms in total. The van der Waals surface area contributed by atoms with Crippen molar-refractivity contribution in [3.8, 4) is 0 Å². The van der Waals surface area contributed by atoms with Crippen molar-refractivity contribution >= 4 is 40.7 Å². The largest absolute Gasteiger partial charge is 0.298 e. The van der Waals surface area contributed by atoms with Gasteiger partial charge in [-0.3, -0.25) is 4.79 Å². The molecule has 1 aromatic rings. The highest BCUT2D eigenvalue weighted by atomic mass is 35.5. The number of halogens is 2. The zero-order valence-electron chi connectivity index (χ0n) is 9.30. The van der Waals surface area contributed by atoms with Gasteiger partial charge in [0.15, 0.2) is 0 Å². The number of benzene rings is 1. The second-order valence-corrected chi connectivity index (χ2v) is 6.22. The van der Waals surface area contributed by atoms with Crippen LogP contribution in [-0.2, 0) is 11.2 Å².